The van der Waals surface area contributed by atoms with Crippen molar-refractivity contribution in [2.75, 3.05) is 20.2 Å². The van der Waals surface area contributed by atoms with Gasteiger partial charge in [0.15, 0.2) is 0 Å². The van der Waals surface area contributed by atoms with Crippen LogP contribution in [0.3, 0.4) is 0 Å². The van der Waals surface area contributed by atoms with Gasteiger partial charge in [0.1, 0.15) is 0 Å². The van der Waals surface area contributed by atoms with Gasteiger partial charge in [0.2, 0.25) is 5.88 Å². The lowest BCUT2D eigenvalue weighted by atomic mass is 9.84. The highest BCUT2D eigenvalue weighted by molar-refractivity contribution is 5.32. The van der Waals surface area contributed by atoms with Crippen molar-refractivity contribution in [3.8, 4) is 5.88 Å². The number of hydrogen-bond donors (Lipinski definition) is 1. The van der Waals surface area contributed by atoms with Gasteiger partial charge in [0.25, 0.3) is 0 Å². The minimum absolute atomic E-state index is 0. The van der Waals surface area contributed by atoms with Crippen molar-refractivity contribution in [2.45, 2.75) is 39.2 Å². The van der Waals surface area contributed by atoms with Crippen LogP contribution in [0.15, 0.2) is 6.20 Å². The molecule has 1 aromatic heterocycles. The Kier molecular flexibility index (Phi) is 3.43. The molecular weight excluding hydrogens is 214 g/mol. The van der Waals surface area contributed by atoms with Crippen molar-refractivity contribution in [1.82, 2.24) is 15.1 Å². The van der Waals surface area contributed by atoms with Crippen LogP contribution in [0.1, 0.15) is 34.2 Å². The molecule has 17 heavy (non-hydrogen) atoms. The Morgan fingerprint density at radius 1 is 1.65 bits per heavy atom. The molecule has 1 aliphatic rings. The first-order valence-electron chi connectivity index (χ1n) is 6.42. The van der Waals surface area contributed by atoms with Gasteiger partial charge in [-0.05, 0) is 18.9 Å². The summed E-state index contributed by atoms with van der Waals surface area (Å²) in [6.45, 7) is 9.42. The molecule has 0 spiro atoms. The Morgan fingerprint density at radius 3 is 3.06 bits per heavy atom. The van der Waals surface area contributed by atoms with Crippen LogP contribution in [0.2, 0.25) is 0 Å². The monoisotopic (exact) mass is 239 g/mol. The molecule has 1 aliphatic heterocycles. The summed E-state index contributed by atoms with van der Waals surface area (Å²) in [7, 11) is 1.98. The van der Waals surface area contributed by atoms with E-state index >= 15 is 0 Å². The highest BCUT2D eigenvalue weighted by Crippen LogP contribution is 2.35. The predicted octanol–water partition coefficient (Wildman–Crippen LogP) is 2.04. The number of ether oxygens (including phenoxy) is 1. The minimum atomic E-state index is 0. The van der Waals surface area contributed by atoms with Gasteiger partial charge in [-0.3, -0.25) is 0 Å². The van der Waals surface area contributed by atoms with E-state index in [2.05, 4.69) is 31.2 Å². The number of hydrogen-bond acceptors (Lipinski definition) is 3. The van der Waals surface area contributed by atoms with Gasteiger partial charge in [-0.25, -0.2) is 4.68 Å². The largest absolute Gasteiger partial charge is 0.477 e. The lowest BCUT2D eigenvalue weighted by Gasteiger charge is -2.28. The Bertz CT molecular complexity index is 390. The average Bonchev–Trinajstić information content (AvgIpc) is 2.73. The smallest absolute Gasteiger partial charge is 0.215 e. The summed E-state index contributed by atoms with van der Waals surface area (Å²) in [4.78, 5) is 0. The van der Waals surface area contributed by atoms with Gasteiger partial charge in [0.05, 0.1) is 19.3 Å². The van der Waals surface area contributed by atoms with Crippen LogP contribution >= 0.6 is 0 Å². The van der Waals surface area contributed by atoms with Gasteiger partial charge in [0, 0.05) is 19.5 Å². The molecule has 2 rings (SSSR count). The molecule has 0 aromatic carbocycles. The first-order chi connectivity index (χ1) is 8.08. The van der Waals surface area contributed by atoms with E-state index in [0.717, 1.165) is 32.0 Å². The summed E-state index contributed by atoms with van der Waals surface area (Å²) in [6, 6.07) is 0. The van der Waals surface area contributed by atoms with Gasteiger partial charge in [-0.2, -0.15) is 5.10 Å². The molecule has 0 aliphatic carbocycles. The molecule has 1 N–H and O–H groups in total. The fourth-order valence-electron chi connectivity index (χ4n) is 2.22. The highest BCUT2D eigenvalue weighted by Gasteiger charge is 2.30. The highest BCUT2D eigenvalue weighted by atomic mass is 16.5. The van der Waals surface area contributed by atoms with Crippen molar-refractivity contribution in [3.63, 3.8) is 0 Å². The van der Waals surface area contributed by atoms with Crippen molar-refractivity contribution in [1.29, 1.82) is 0 Å². The van der Waals surface area contributed by atoms with Crippen LogP contribution < -0.4 is 10.1 Å². The molecule has 1 aromatic rings. The second-order valence-electron chi connectivity index (χ2n) is 5.52. The molecule has 0 saturated carbocycles. The number of nitrogens with zero attached hydrogens (tertiary/aromatic N) is 2. The maximum absolute atomic E-state index is 5.91. The SMILES string of the molecule is CCC(C)(C)c1cnn2c1OCC(CNC)C2.[HH]. The lowest BCUT2D eigenvalue weighted by Crippen LogP contribution is -2.33. The first-order valence-corrected chi connectivity index (χ1v) is 6.42. The number of rotatable bonds is 4. The van der Waals surface area contributed by atoms with Crippen LogP contribution in [0, 0.1) is 5.92 Å². The molecule has 0 saturated heterocycles. The van der Waals surface area contributed by atoms with Gasteiger partial charge >= 0.3 is 0 Å². The zero-order valence-corrected chi connectivity index (χ0v) is 11.3. The van der Waals surface area contributed by atoms with Crippen molar-refractivity contribution in [3.05, 3.63) is 11.8 Å². The molecule has 1 unspecified atom stereocenters. The summed E-state index contributed by atoms with van der Waals surface area (Å²) in [5, 5.41) is 7.66. The summed E-state index contributed by atoms with van der Waals surface area (Å²) in [5.41, 5.74) is 1.38. The Morgan fingerprint density at radius 2 is 2.41 bits per heavy atom. The summed E-state index contributed by atoms with van der Waals surface area (Å²) in [5.74, 6) is 1.49. The molecule has 4 nitrogen and oxygen atoms in total. The van der Waals surface area contributed by atoms with Crippen molar-refractivity contribution >= 4 is 0 Å². The predicted molar refractivity (Wildman–Crippen MR) is 70.6 cm³/mol. The summed E-state index contributed by atoms with van der Waals surface area (Å²) in [6.07, 6.45) is 3.07. The normalized spacial score (nSPS) is 19.9. The minimum Gasteiger partial charge on any atom is -0.477 e. The van der Waals surface area contributed by atoms with Crippen molar-refractivity contribution in [2.24, 2.45) is 5.92 Å². The quantitative estimate of drug-likeness (QED) is 0.874. The van der Waals surface area contributed by atoms with E-state index in [9.17, 15) is 0 Å². The van der Waals surface area contributed by atoms with Crippen LogP contribution in [0.4, 0.5) is 0 Å². The third kappa shape index (κ3) is 2.32. The van der Waals surface area contributed by atoms with E-state index in [0.29, 0.717) is 5.92 Å². The molecule has 0 radical (unpaired) electrons. The van der Waals surface area contributed by atoms with Crippen LogP contribution in [-0.2, 0) is 12.0 Å². The van der Waals surface area contributed by atoms with E-state index in [4.69, 9.17) is 4.74 Å². The molecular formula is C13H25N3O. The maximum Gasteiger partial charge on any atom is 0.215 e. The van der Waals surface area contributed by atoms with Crippen LogP contribution in [0.5, 0.6) is 5.88 Å². The molecule has 1 atom stereocenters. The van der Waals surface area contributed by atoms with E-state index in [-0.39, 0.29) is 6.84 Å². The number of fused-ring (bicyclic) bond motifs is 1. The average molecular weight is 239 g/mol. The van der Waals surface area contributed by atoms with E-state index in [1.807, 2.05) is 17.9 Å². The van der Waals surface area contributed by atoms with E-state index < -0.39 is 0 Å². The summed E-state index contributed by atoms with van der Waals surface area (Å²) < 4.78 is 7.92. The molecule has 2 heterocycles. The van der Waals surface area contributed by atoms with E-state index in [1.54, 1.807) is 0 Å². The second-order valence-corrected chi connectivity index (χ2v) is 5.52. The molecule has 0 bridgehead atoms. The molecule has 0 fully saturated rings. The van der Waals surface area contributed by atoms with Crippen molar-refractivity contribution < 1.29 is 6.16 Å². The molecule has 4 heteroatoms. The zero-order chi connectivity index (χ0) is 12.5. The Balaban J connectivity index is 0.00000162. The fraction of sp³-hybridized carbons (Fsp3) is 0.769. The summed E-state index contributed by atoms with van der Waals surface area (Å²) >= 11 is 0. The van der Waals surface area contributed by atoms with E-state index in [1.165, 1.54) is 5.56 Å². The van der Waals surface area contributed by atoms with Gasteiger partial charge in [-0.1, -0.05) is 20.8 Å². The van der Waals surface area contributed by atoms with Gasteiger partial charge < -0.3 is 10.1 Å². The topological polar surface area (TPSA) is 39.1 Å². The maximum atomic E-state index is 5.91. The van der Waals surface area contributed by atoms with Crippen LogP contribution in [-0.4, -0.2) is 30.0 Å². The lowest BCUT2D eigenvalue weighted by molar-refractivity contribution is 0.160. The second kappa shape index (κ2) is 4.69. The zero-order valence-electron chi connectivity index (χ0n) is 11.3. The van der Waals surface area contributed by atoms with Gasteiger partial charge in [-0.15, -0.1) is 0 Å². The standard InChI is InChI=1S/C13H23N3O.H2/c1-5-13(2,3)11-7-15-16-8-10(6-14-4)9-17-12(11)16;/h7,10,14H,5-6,8-9H2,1-4H3;1H. The number of nitrogens with one attached hydrogen (secondary N) is 1. The Labute approximate surface area is 105 Å². The first kappa shape index (κ1) is 12.4. The Hall–Kier alpha value is -1.03. The third-order valence-electron chi connectivity index (χ3n) is 3.78. The molecule has 98 valence electrons. The molecule has 0 amide bonds. The number of aromatic nitrogens is 2. The van der Waals surface area contributed by atoms with Crippen LogP contribution in [0.25, 0.3) is 0 Å². The fourth-order valence-corrected chi connectivity index (χ4v) is 2.22. The third-order valence-corrected chi connectivity index (χ3v) is 3.78.